The second-order valence-electron chi connectivity index (χ2n) is 31.7. The van der Waals surface area contributed by atoms with E-state index in [0.717, 1.165) is 146 Å². The molecule has 0 bridgehead atoms. The lowest BCUT2D eigenvalue weighted by Crippen LogP contribution is -2.21. The second kappa shape index (κ2) is 24.7. The summed E-state index contributed by atoms with van der Waals surface area (Å²) in [6.07, 6.45) is 0. The van der Waals surface area contributed by atoms with Crippen LogP contribution < -0.4 is 9.80 Å². The minimum atomic E-state index is -0.286. The van der Waals surface area contributed by atoms with Crippen molar-refractivity contribution in [3.8, 4) is 55.9 Å². The molecule has 0 radical (unpaired) electrons. The Morgan fingerprint density at radius 1 is 0.274 bits per heavy atom. The van der Waals surface area contributed by atoms with E-state index in [2.05, 4.69) is 310 Å². The second-order valence-corrected chi connectivity index (χ2v) is 32.5. The third-order valence-corrected chi connectivity index (χ3v) is 18.2. The van der Waals surface area contributed by atoms with Gasteiger partial charge in [0, 0.05) is 132 Å². The molecule has 9 heteroatoms. The van der Waals surface area contributed by atoms with E-state index in [9.17, 15) is 0 Å². The molecule has 0 N–H and O–H groups in total. The summed E-state index contributed by atoms with van der Waals surface area (Å²) >= 11 is 14.7. The summed E-state index contributed by atoms with van der Waals surface area (Å²) in [4.78, 5) is 26.8. The summed E-state index contributed by atoms with van der Waals surface area (Å²) in [5.74, 6) is 0. The van der Waals surface area contributed by atoms with Crippen LogP contribution in [-0.2, 0) is 32.5 Å². The van der Waals surface area contributed by atoms with E-state index in [1.807, 2.05) is 30.3 Å². The van der Waals surface area contributed by atoms with E-state index in [0.29, 0.717) is 10.0 Å². The summed E-state index contributed by atoms with van der Waals surface area (Å²) < 4.78 is 6.56. The van der Waals surface area contributed by atoms with Crippen molar-refractivity contribution in [1.82, 2.24) is 19.9 Å². The van der Waals surface area contributed by atoms with Gasteiger partial charge in [0.2, 0.25) is 0 Å². The summed E-state index contributed by atoms with van der Waals surface area (Å²) in [5, 5.41) is 3.24. The van der Waals surface area contributed by atoms with Gasteiger partial charge in [-0.15, -0.1) is 0 Å². The molecule has 5 aromatic heterocycles. The Balaban J connectivity index is 1.28. The van der Waals surface area contributed by atoms with Crippen LogP contribution in [0.1, 0.15) is 159 Å². The fourth-order valence-corrected chi connectivity index (χ4v) is 12.7. The highest BCUT2D eigenvalue weighted by Gasteiger charge is 2.32. The zero-order valence-electron chi connectivity index (χ0n) is 58.5. The van der Waals surface area contributed by atoms with Gasteiger partial charge in [-0.25, -0.2) is 0 Å². The molecule has 482 valence electrons. The molecule has 0 saturated carbocycles. The lowest BCUT2D eigenvalue weighted by Gasteiger charge is -2.34. The number of rotatable bonds is 11. The first-order valence-electron chi connectivity index (χ1n) is 33.1. The van der Waals surface area contributed by atoms with Crippen molar-refractivity contribution in [3.63, 3.8) is 0 Å². The molecule has 0 atom stereocenters. The van der Waals surface area contributed by atoms with Gasteiger partial charge < -0.3 is 14.2 Å². The molecule has 7 aromatic carbocycles. The van der Waals surface area contributed by atoms with Crippen LogP contribution >= 0.6 is 23.2 Å². The molecule has 0 fully saturated rings. The molecule has 12 aromatic rings. The van der Waals surface area contributed by atoms with E-state index >= 15 is 0 Å². The van der Waals surface area contributed by atoms with Gasteiger partial charge in [0.05, 0.1) is 22.8 Å². The van der Waals surface area contributed by atoms with Crippen LogP contribution in [0.3, 0.4) is 0 Å². The standard InChI is InChI=1S/C86H88Cl2N6O/c1-81(2,3)73-39-25-36-69(89-73)66-34-24-35-67(70-37-26-40-74(90-70)82(4,5)6)80(66)94(60-30-22-28-58(88)51-60)62-44-54(53-41-42-72-68(45-53)65-31-19-20-38-71(65)95-72)43-61(52-62)93(59-29-21-27-57(87)50-59)79-63(55-46-75(83(7,8)9)91-76(47-55)84(10,11)12)32-23-33-64(79)56-48-77(85(13,14)15)92-78(49-56)86(16,17)18/h19-52H,1-18H3. The fraction of sp³-hybridized carbons (Fsp3) is 0.279. The van der Waals surface area contributed by atoms with Gasteiger partial charge >= 0.3 is 0 Å². The average molecular weight is 1290 g/mol. The Bertz CT molecular complexity index is 4660. The Labute approximate surface area is 573 Å². The van der Waals surface area contributed by atoms with E-state index < -0.39 is 0 Å². The van der Waals surface area contributed by atoms with Crippen molar-refractivity contribution in [2.75, 3.05) is 9.80 Å². The molecule has 0 spiro atoms. The molecule has 0 aliphatic heterocycles. The first-order chi connectivity index (χ1) is 44.7. The SMILES string of the molecule is CC(C)(C)c1cccc(-c2cccc(-c3cccc(C(C)(C)C)n3)c2N(c2cccc(Cl)c2)c2cc(-c3ccc4oc5ccccc5c4c3)cc(N(c3cccc(Cl)c3)c3c(-c4cc(C(C)(C)C)nc(C(C)(C)C)c4)cccc3-c3cc(C(C)(C)C)nc(C(C)(C)C)c3)c2)n1. The molecule has 0 unspecified atom stereocenters. The zero-order valence-corrected chi connectivity index (χ0v) is 60.0. The summed E-state index contributed by atoms with van der Waals surface area (Å²) in [6.45, 7) is 40.3. The van der Waals surface area contributed by atoms with Gasteiger partial charge in [-0.2, -0.15) is 0 Å². The smallest absolute Gasteiger partial charge is 0.135 e. The highest BCUT2D eigenvalue weighted by molar-refractivity contribution is 6.31. The number of anilines is 6. The van der Waals surface area contributed by atoms with Gasteiger partial charge in [0.1, 0.15) is 11.2 Å². The maximum Gasteiger partial charge on any atom is 0.135 e. The predicted octanol–water partition coefficient (Wildman–Crippen LogP) is 25.5. The van der Waals surface area contributed by atoms with Crippen molar-refractivity contribution < 1.29 is 4.42 Å². The van der Waals surface area contributed by atoms with Gasteiger partial charge in [-0.3, -0.25) is 19.9 Å². The number of pyridine rings is 4. The third kappa shape index (κ3) is 13.7. The van der Waals surface area contributed by atoms with Crippen LogP contribution in [0.5, 0.6) is 0 Å². The lowest BCUT2D eigenvalue weighted by molar-refractivity contribution is 0.531. The Hall–Kier alpha value is -8.88. The lowest BCUT2D eigenvalue weighted by atomic mass is 9.83. The quantitative estimate of drug-likeness (QED) is 0.128. The topological polar surface area (TPSA) is 71.2 Å². The number of hydrogen-bond acceptors (Lipinski definition) is 7. The first kappa shape index (κ1) is 66.2. The van der Waals surface area contributed by atoms with Crippen LogP contribution in [0.4, 0.5) is 34.1 Å². The molecule has 5 heterocycles. The van der Waals surface area contributed by atoms with Crippen molar-refractivity contribution in [1.29, 1.82) is 0 Å². The summed E-state index contributed by atoms with van der Waals surface area (Å²) in [5.41, 5.74) is 20.7. The Morgan fingerprint density at radius 2 is 0.653 bits per heavy atom. The van der Waals surface area contributed by atoms with E-state index in [4.69, 9.17) is 47.6 Å². The molecule has 0 amide bonds. The van der Waals surface area contributed by atoms with Gasteiger partial charge in [0.15, 0.2) is 0 Å². The van der Waals surface area contributed by atoms with Gasteiger partial charge in [0.25, 0.3) is 0 Å². The van der Waals surface area contributed by atoms with Crippen molar-refractivity contribution in [2.45, 2.75) is 157 Å². The zero-order chi connectivity index (χ0) is 67.9. The van der Waals surface area contributed by atoms with Gasteiger partial charge in [-0.1, -0.05) is 233 Å². The number of para-hydroxylation sites is 3. The normalized spacial score (nSPS) is 12.6. The molecular formula is C86H88Cl2N6O. The average Bonchev–Trinajstić information content (AvgIpc) is 1.05. The third-order valence-electron chi connectivity index (χ3n) is 17.7. The molecule has 95 heavy (non-hydrogen) atoms. The highest BCUT2D eigenvalue weighted by Crippen LogP contribution is 2.53. The van der Waals surface area contributed by atoms with E-state index in [-0.39, 0.29) is 32.5 Å². The number of nitrogens with zero attached hydrogens (tertiary/aromatic N) is 6. The summed E-state index contributed by atoms with van der Waals surface area (Å²) in [6, 6.07) is 73.6. The first-order valence-corrected chi connectivity index (χ1v) is 33.9. The van der Waals surface area contributed by atoms with Crippen LogP contribution in [0.2, 0.25) is 10.0 Å². The number of benzene rings is 7. The number of hydrogen-bond donors (Lipinski definition) is 0. The van der Waals surface area contributed by atoms with Crippen molar-refractivity contribution in [2.24, 2.45) is 0 Å². The number of fused-ring (bicyclic) bond motifs is 3. The van der Waals surface area contributed by atoms with Crippen LogP contribution in [0, 0.1) is 0 Å². The Kier molecular flexibility index (Phi) is 17.2. The predicted molar refractivity (Wildman–Crippen MR) is 404 cm³/mol. The van der Waals surface area contributed by atoms with Crippen molar-refractivity contribution in [3.05, 3.63) is 250 Å². The molecule has 12 rings (SSSR count). The van der Waals surface area contributed by atoms with Gasteiger partial charge in [-0.05, 0) is 144 Å². The highest BCUT2D eigenvalue weighted by atomic mass is 35.5. The maximum atomic E-state index is 7.38. The van der Waals surface area contributed by atoms with E-state index in [1.54, 1.807) is 0 Å². The molecule has 7 nitrogen and oxygen atoms in total. The largest absolute Gasteiger partial charge is 0.456 e. The van der Waals surface area contributed by atoms with Crippen molar-refractivity contribution >= 4 is 79.3 Å². The number of aromatic nitrogens is 4. The molecular weight excluding hydrogens is 1200 g/mol. The number of halogens is 2. The van der Waals surface area contributed by atoms with Crippen LogP contribution in [-0.4, -0.2) is 19.9 Å². The van der Waals surface area contributed by atoms with E-state index in [1.165, 1.54) is 0 Å². The molecule has 0 saturated heterocycles. The van der Waals surface area contributed by atoms with Crippen LogP contribution in [0.15, 0.2) is 211 Å². The monoisotopic (exact) mass is 1290 g/mol. The minimum Gasteiger partial charge on any atom is -0.456 e. The Morgan fingerprint density at radius 3 is 1.07 bits per heavy atom. The molecule has 0 aliphatic carbocycles. The minimum absolute atomic E-state index is 0.246. The fourth-order valence-electron chi connectivity index (χ4n) is 12.3. The maximum absolute atomic E-state index is 7.38. The number of furan rings is 1. The molecule has 0 aliphatic rings. The van der Waals surface area contributed by atoms with Crippen LogP contribution in [0.25, 0.3) is 77.8 Å². The summed E-state index contributed by atoms with van der Waals surface area (Å²) in [7, 11) is 0.